The number of allylic oxidation sites excluding steroid dienone is 1. The van der Waals surface area contributed by atoms with E-state index >= 15 is 0 Å². The number of hydrogen-bond acceptors (Lipinski definition) is 4. The SMILES string of the molecule is C=CC(C)CN(CCN(C/C=C/C)CCCN1CCCCC1C)c1cc(C=O)ccc1C(C)CCC.CCC. The predicted molar refractivity (Wildman–Crippen MR) is 173 cm³/mol. The van der Waals surface area contributed by atoms with Crippen molar-refractivity contribution in [3.63, 3.8) is 0 Å². The van der Waals surface area contributed by atoms with Crippen molar-refractivity contribution in [3.05, 3.63) is 54.1 Å². The highest BCUT2D eigenvalue weighted by atomic mass is 16.1. The zero-order chi connectivity index (χ0) is 29.0. The lowest BCUT2D eigenvalue weighted by Crippen LogP contribution is -2.41. The molecule has 0 amide bonds. The maximum absolute atomic E-state index is 11.7. The van der Waals surface area contributed by atoms with Crippen LogP contribution in [0.5, 0.6) is 0 Å². The maximum Gasteiger partial charge on any atom is 0.150 e. The first-order valence-electron chi connectivity index (χ1n) is 15.9. The second-order valence-electron chi connectivity index (χ2n) is 11.6. The number of aldehydes is 1. The average molecular weight is 540 g/mol. The van der Waals surface area contributed by atoms with Gasteiger partial charge in [-0.3, -0.25) is 9.69 Å². The van der Waals surface area contributed by atoms with Gasteiger partial charge in [-0.15, -0.1) is 6.58 Å². The van der Waals surface area contributed by atoms with Crippen molar-refractivity contribution >= 4 is 12.0 Å². The molecule has 4 heteroatoms. The molecule has 0 spiro atoms. The topological polar surface area (TPSA) is 26.8 Å². The molecule has 3 atom stereocenters. The minimum atomic E-state index is 0.379. The minimum Gasteiger partial charge on any atom is -0.369 e. The number of rotatable bonds is 17. The third kappa shape index (κ3) is 13.3. The summed E-state index contributed by atoms with van der Waals surface area (Å²) in [6.07, 6.45) is 16.3. The third-order valence-electron chi connectivity index (χ3n) is 7.84. The molecule has 0 bridgehead atoms. The maximum atomic E-state index is 11.7. The summed E-state index contributed by atoms with van der Waals surface area (Å²) in [5.41, 5.74) is 3.34. The van der Waals surface area contributed by atoms with E-state index in [0.717, 1.165) is 63.5 Å². The Bertz CT molecular complexity index is 820. The second kappa shape index (κ2) is 20.9. The molecular formula is C35H61N3O. The number of carbonyl (C=O) groups excluding carboxylic acids is 1. The Morgan fingerprint density at radius 3 is 2.49 bits per heavy atom. The largest absolute Gasteiger partial charge is 0.369 e. The average Bonchev–Trinajstić information content (AvgIpc) is 2.94. The predicted octanol–water partition coefficient (Wildman–Crippen LogP) is 8.59. The van der Waals surface area contributed by atoms with Crippen LogP contribution in [0, 0.1) is 5.92 Å². The van der Waals surface area contributed by atoms with Gasteiger partial charge in [-0.2, -0.15) is 0 Å². The number of likely N-dealkylation sites (tertiary alicyclic amines) is 1. The second-order valence-corrected chi connectivity index (χ2v) is 11.6. The van der Waals surface area contributed by atoms with Crippen LogP contribution >= 0.6 is 0 Å². The van der Waals surface area contributed by atoms with E-state index in [2.05, 4.69) is 94.0 Å². The highest BCUT2D eigenvalue weighted by molar-refractivity contribution is 5.78. The van der Waals surface area contributed by atoms with Crippen molar-refractivity contribution in [1.82, 2.24) is 9.80 Å². The molecule has 0 radical (unpaired) electrons. The number of carbonyl (C=O) groups is 1. The van der Waals surface area contributed by atoms with Crippen LogP contribution in [0.15, 0.2) is 43.0 Å². The molecule has 39 heavy (non-hydrogen) atoms. The van der Waals surface area contributed by atoms with Gasteiger partial charge >= 0.3 is 0 Å². The molecule has 222 valence electrons. The highest BCUT2D eigenvalue weighted by Gasteiger charge is 2.20. The van der Waals surface area contributed by atoms with E-state index in [0.29, 0.717) is 11.8 Å². The van der Waals surface area contributed by atoms with Crippen molar-refractivity contribution in [2.75, 3.05) is 50.7 Å². The van der Waals surface area contributed by atoms with Crippen molar-refractivity contribution in [2.45, 2.75) is 105 Å². The molecule has 1 heterocycles. The van der Waals surface area contributed by atoms with Gasteiger partial charge in [0.05, 0.1) is 0 Å². The summed E-state index contributed by atoms with van der Waals surface area (Å²) in [4.78, 5) is 19.5. The first kappa shape index (κ1) is 35.1. The summed E-state index contributed by atoms with van der Waals surface area (Å²) in [6.45, 7) is 27.0. The Labute approximate surface area is 242 Å². The number of anilines is 1. The Morgan fingerprint density at radius 2 is 1.87 bits per heavy atom. The van der Waals surface area contributed by atoms with Gasteiger partial charge in [-0.05, 0) is 82.6 Å². The van der Waals surface area contributed by atoms with Crippen LogP contribution < -0.4 is 4.90 Å². The third-order valence-corrected chi connectivity index (χ3v) is 7.84. The fourth-order valence-corrected chi connectivity index (χ4v) is 5.44. The van der Waals surface area contributed by atoms with Crippen LogP contribution in [-0.4, -0.2) is 67.9 Å². The summed E-state index contributed by atoms with van der Waals surface area (Å²) >= 11 is 0. The van der Waals surface area contributed by atoms with Gasteiger partial charge in [0.1, 0.15) is 6.29 Å². The highest BCUT2D eigenvalue weighted by Crippen LogP contribution is 2.32. The van der Waals surface area contributed by atoms with Gasteiger partial charge in [0.15, 0.2) is 0 Å². The van der Waals surface area contributed by atoms with E-state index in [-0.39, 0.29) is 0 Å². The summed E-state index contributed by atoms with van der Waals surface area (Å²) < 4.78 is 0. The fraction of sp³-hybridized carbons (Fsp3) is 0.686. The van der Waals surface area contributed by atoms with Gasteiger partial charge < -0.3 is 9.80 Å². The Balaban J connectivity index is 0.00000242. The summed E-state index contributed by atoms with van der Waals surface area (Å²) in [5.74, 6) is 0.849. The Hall–Kier alpha value is -1.91. The zero-order valence-electron chi connectivity index (χ0n) is 26.6. The molecule has 0 N–H and O–H groups in total. The first-order chi connectivity index (χ1) is 18.8. The lowest BCUT2D eigenvalue weighted by atomic mass is 9.93. The summed E-state index contributed by atoms with van der Waals surface area (Å²) in [7, 11) is 0. The van der Waals surface area contributed by atoms with E-state index in [1.165, 1.54) is 56.4 Å². The van der Waals surface area contributed by atoms with Crippen LogP contribution in [0.4, 0.5) is 5.69 Å². The molecule has 1 aromatic rings. The smallest absolute Gasteiger partial charge is 0.150 e. The van der Waals surface area contributed by atoms with Crippen LogP contribution in [0.1, 0.15) is 115 Å². The van der Waals surface area contributed by atoms with Gasteiger partial charge in [0.25, 0.3) is 0 Å². The number of benzene rings is 1. The van der Waals surface area contributed by atoms with E-state index in [1.54, 1.807) is 0 Å². The molecule has 4 nitrogen and oxygen atoms in total. The Kier molecular flexibility index (Phi) is 18.8. The number of hydrogen-bond donors (Lipinski definition) is 0. The quantitative estimate of drug-likeness (QED) is 0.146. The lowest BCUT2D eigenvalue weighted by molar-refractivity contribution is 0.112. The normalized spacial score (nSPS) is 17.5. The van der Waals surface area contributed by atoms with E-state index in [1.807, 2.05) is 12.1 Å². The van der Waals surface area contributed by atoms with Crippen LogP contribution in [-0.2, 0) is 0 Å². The summed E-state index contributed by atoms with van der Waals surface area (Å²) in [5, 5.41) is 0. The van der Waals surface area contributed by atoms with E-state index in [9.17, 15) is 4.79 Å². The fourth-order valence-electron chi connectivity index (χ4n) is 5.44. The number of nitrogens with zero attached hydrogens (tertiary/aromatic N) is 3. The minimum absolute atomic E-state index is 0.379. The van der Waals surface area contributed by atoms with Crippen LogP contribution in [0.3, 0.4) is 0 Å². The van der Waals surface area contributed by atoms with Gasteiger partial charge in [-0.1, -0.05) is 84.2 Å². The van der Waals surface area contributed by atoms with Crippen LogP contribution in [0.25, 0.3) is 0 Å². The van der Waals surface area contributed by atoms with Crippen molar-refractivity contribution in [2.24, 2.45) is 5.92 Å². The van der Waals surface area contributed by atoms with E-state index in [4.69, 9.17) is 0 Å². The lowest BCUT2D eigenvalue weighted by Gasteiger charge is -2.35. The molecule has 2 rings (SSSR count). The van der Waals surface area contributed by atoms with Crippen molar-refractivity contribution < 1.29 is 4.79 Å². The molecule has 1 aliphatic heterocycles. The van der Waals surface area contributed by atoms with Gasteiger partial charge in [0.2, 0.25) is 0 Å². The van der Waals surface area contributed by atoms with Gasteiger partial charge in [-0.25, -0.2) is 0 Å². The van der Waals surface area contributed by atoms with Crippen molar-refractivity contribution in [1.29, 1.82) is 0 Å². The molecule has 1 fully saturated rings. The number of piperidine rings is 1. The standard InChI is InChI=1S/C32H53N3O.C3H8/c1-7-10-18-33(19-13-21-34-20-12-11-15-29(34)6)22-23-35(25-27(4)9-3)32-24-30(26-36)16-17-31(32)28(5)14-8-2;1-3-2/h7,9-10,16-17,24,26-29H,3,8,11-15,18-23,25H2,1-2,4-6H3;3H2,1-2H3/b10-7+;. The molecule has 1 saturated heterocycles. The molecule has 0 aromatic heterocycles. The molecule has 0 saturated carbocycles. The van der Waals surface area contributed by atoms with E-state index < -0.39 is 0 Å². The molecule has 0 aliphatic carbocycles. The zero-order valence-corrected chi connectivity index (χ0v) is 26.6. The molecular weight excluding hydrogens is 478 g/mol. The molecule has 1 aromatic carbocycles. The monoisotopic (exact) mass is 539 g/mol. The summed E-state index contributed by atoms with van der Waals surface area (Å²) in [6, 6.07) is 7.00. The van der Waals surface area contributed by atoms with Crippen molar-refractivity contribution in [3.8, 4) is 0 Å². The van der Waals surface area contributed by atoms with Crippen LogP contribution in [0.2, 0.25) is 0 Å². The molecule has 1 aliphatic rings. The van der Waals surface area contributed by atoms with Gasteiger partial charge in [0, 0.05) is 43.5 Å². The first-order valence-corrected chi connectivity index (χ1v) is 15.9. The Morgan fingerprint density at radius 1 is 1.13 bits per heavy atom. The molecule has 3 unspecified atom stereocenters.